The van der Waals surface area contributed by atoms with Gasteiger partial charge in [-0.15, -0.1) is 0 Å². The molecule has 4 aromatic rings. The van der Waals surface area contributed by atoms with E-state index in [1.165, 1.54) is 0 Å². The number of hydrogen-bond donors (Lipinski definition) is 4. The van der Waals surface area contributed by atoms with Crippen LogP contribution in [0.1, 0.15) is 101 Å². The fraction of sp³-hybridized carbons (Fsp3) is 0.477. The van der Waals surface area contributed by atoms with Gasteiger partial charge in [-0.25, -0.2) is 4.98 Å². The molecular weight excluding hydrogens is 777 g/mol. The van der Waals surface area contributed by atoms with Gasteiger partial charge in [0.15, 0.2) is 5.82 Å². The van der Waals surface area contributed by atoms with Crippen LogP contribution >= 0.6 is 23.2 Å². The molecule has 1 unspecified atom stereocenters. The van der Waals surface area contributed by atoms with Gasteiger partial charge in [-0.1, -0.05) is 47.5 Å². The third-order valence-corrected chi connectivity index (χ3v) is 14.8. The normalized spacial score (nSPS) is 25.4. The first-order valence-corrected chi connectivity index (χ1v) is 21.3. The number of hydrogen-bond acceptors (Lipinski definition) is 8. The van der Waals surface area contributed by atoms with E-state index in [0.717, 1.165) is 113 Å². The second-order valence-electron chi connectivity index (χ2n) is 17.3. The van der Waals surface area contributed by atoms with Crippen molar-refractivity contribution in [1.29, 1.82) is 0 Å². The van der Waals surface area contributed by atoms with E-state index in [1.807, 2.05) is 29.8 Å². The molecule has 58 heavy (non-hydrogen) atoms. The molecule has 5 aliphatic rings. The lowest BCUT2D eigenvalue weighted by Gasteiger charge is -2.35. The van der Waals surface area contributed by atoms with Crippen LogP contribution in [0.15, 0.2) is 48.7 Å². The predicted octanol–water partition coefficient (Wildman–Crippen LogP) is 7.35. The average molecular weight is 827 g/mol. The quantitative estimate of drug-likeness (QED) is 0.129. The molecule has 3 saturated carbocycles. The lowest BCUT2D eigenvalue weighted by Crippen LogP contribution is -2.43. The van der Waals surface area contributed by atoms with E-state index in [1.54, 1.807) is 30.5 Å². The molecule has 4 heterocycles. The molecule has 9 rings (SSSR count). The van der Waals surface area contributed by atoms with Gasteiger partial charge in [0.1, 0.15) is 5.69 Å². The Labute approximate surface area is 347 Å². The maximum atomic E-state index is 13.8. The Balaban J connectivity index is 0.853. The molecule has 304 valence electrons. The van der Waals surface area contributed by atoms with Crippen LogP contribution < -0.4 is 10.6 Å². The van der Waals surface area contributed by atoms with Crippen LogP contribution in [0.3, 0.4) is 0 Å². The Morgan fingerprint density at radius 2 is 1.60 bits per heavy atom. The largest absolute Gasteiger partial charge is 0.481 e. The molecule has 2 aromatic heterocycles. The number of nitrogens with one attached hydrogen (secondary N) is 2. The van der Waals surface area contributed by atoms with Crippen molar-refractivity contribution in [3.63, 3.8) is 0 Å². The topological polar surface area (TPSA) is 153 Å². The molecule has 0 spiro atoms. The number of benzene rings is 2. The number of aliphatic hydroxyl groups is 1. The van der Waals surface area contributed by atoms with Crippen LogP contribution in [0.25, 0.3) is 11.1 Å². The van der Waals surface area contributed by atoms with E-state index in [9.17, 15) is 24.6 Å². The van der Waals surface area contributed by atoms with Crippen LogP contribution in [0.2, 0.25) is 10.0 Å². The average Bonchev–Trinajstić information content (AvgIpc) is 4.01. The van der Waals surface area contributed by atoms with Crippen LogP contribution in [-0.4, -0.2) is 84.1 Å². The molecule has 3 fully saturated rings. The molecule has 12 nitrogen and oxygen atoms in total. The Bertz CT molecular complexity index is 2300. The molecule has 2 amide bonds. The molecule has 4 N–H and O–H groups in total. The lowest BCUT2D eigenvalue weighted by molar-refractivity contribution is -0.148. The highest BCUT2D eigenvalue weighted by Crippen LogP contribution is 2.63. The lowest BCUT2D eigenvalue weighted by atomic mass is 9.80. The van der Waals surface area contributed by atoms with Gasteiger partial charge in [-0.2, -0.15) is 0 Å². The predicted molar refractivity (Wildman–Crippen MR) is 222 cm³/mol. The van der Waals surface area contributed by atoms with E-state index < -0.39 is 11.4 Å². The zero-order chi connectivity index (χ0) is 40.3. The highest BCUT2D eigenvalue weighted by molar-refractivity contribution is 6.40. The zero-order valence-corrected chi connectivity index (χ0v) is 34.2. The van der Waals surface area contributed by atoms with Crippen molar-refractivity contribution >= 4 is 52.4 Å². The van der Waals surface area contributed by atoms with Gasteiger partial charge < -0.3 is 25.4 Å². The summed E-state index contributed by atoms with van der Waals surface area (Å²) in [5.74, 6) is -1.09. The third kappa shape index (κ3) is 7.10. The van der Waals surface area contributed by atoms with Crippen molar-refractivity contribution in [2.75, 3.05) is 30.3 Å². The second-order valence-corrected chi connectivity index (χ2v) is 18.0. The summed E-state index contributed by atoms with van der Waals surface area (Å²) >= 11 is 13.9. The van der Waals surface area contributed by atoms with E-state index in [0.29, 0.717) is 57.2 Å². The van der Waals surface area contributed by atoms with E-state index >= 15 is 0 Å². The second kappa shape index (κ2) is 15.4. The Morgan fingerprint density at radius 1 is 0.897 bits per heavy atom. The number of fused-ring (bicyclic) bond motifs is 4. The highest BCUT2D eigenvalue weighted by Gasteiger charge is 2.57. The number of aliphatic carboxylic acids is 1. The summed E-state index contributed by atoms with van der Waals surface area (Å²) in [7, 11) is 1.87. The number of anilines is 2. The summed E-state index contributed by atoms with van der Waals surface area (Å²) < 4.78 is 1.87. The van der Waals surface area contributed by atoms with E-state index in [-0.39, 0.29) is 29.4 Å². The van der Waals surface area contributed by atoms with Crippen molar-refractivity contribution in [3.05, 3.63) is 92.7 Å². The summed E-state index contributed by atoms with van der Waals surface area (Å²) in [6, 6.07) is 12.7. The first-order valence-electron chi connectivity index (χ1n) is 20.5. The third-order valence-electron chi connectivity index (χ3n) is 14.0. The first kappa shape index (κ1) is 39.1. The number of carboxylic acids is 1. The maximum absolute atomic E-state index is 13.8. The van der Waals surface area contributed by atoms with Gasteiger partial charge in [-0.05, 0) is 105 Å². The Hall–Kier alpha value is -4.33. The van der Waals surface area contributed by atoms with Gasteiger partial charge in [0.05, 0.1) is 38.6 Å². The number of carbonyl (C=O) groups is 3. The maximum Gasteiger partial charge on any atom is 0.309 e. The number of carboxylic acid groups (broad SMARTS) is 1. The Morgan fingerprint density at radius 3 is 2.26 bits per heavy atom. The highest BCUT2D eigenvalue weighted by atomic mass is 35.5. The fourth-order valence-electron chi connectivity index (χ4n) is 10.6. The summed E-state index contributed by atoms with van der Waals surface area (Å²) in [6.07, 6.45) is 11.3. The van der Waals surface area contributed by atoms with Crippen molar-refractivity contribution < 1.29 is 24.6 Å². The smallest absolute Gasteiger partial charge is 0.309 e. The van der Waals surface area contributed by atoms with Gasteiger partial charge in [0, 0.05) is 68.7 Å². The summed E-state index contributed by atoms with van der Waals surface area (Å²) in [5, 5.41) is 26.7. The minimum atomic E-state index is -0.630. The summed E-state index contributed by atoms with van der Waals surface area (Å²) in [4.78, 5) is 53.2. The number of rotatable bonds is 10. The minimum Gasteiger partial charge on any atom is -0.481 e. The first-order chi connectivity index (χ1) is 27.9. The molecule has 0 radical (unpaired) electrons. The SMILES string of the molecule is Cn1c(C(=O)Nc2cccc(-c3cccc(NC(=O)c4cc5c(cn4)CN(C4CCC[C@@H]4O)CC5)c3Cl)c2Cl)nc2c1CCN(CCC13CCC(C(=O)O)(CC1)C3)C2. The van der Waals surface area contributed by atoms with Crippen molar-refractivity contribution in [2.24, 2.45) is 17.9 Å². The van der Waals surface area contributed by atoms with Crippen LogP contribution in [0.5, 0.6) is 0 Å². The number of aromatic nitrogens is 3. The standard InChI is InChI=1S/C44H49Cl2N7O5/c1-51-34-12-18-52(20-17-43-13-15-44(25-43,16-14-43)42(57)58)24-33(34)48-39(51)41(56)50-31-8-3-6-29(38(31)46)28-5-2-7-30(37(28)45)49-40(55)32-21-26-11-19-53(23-27(26)22-47-32)35-9-4-10-36(35)54/h2-3,5-8,21-22,35-36,54H,4,9-20,23-25H2,1H3,(H,49,55)(H,50,56)(H,57,58)/t35?,36-,43?,44?/m0/s1. The van der Waals surface area contributed by atoms with Gasteiger partial charge in [-0.3, -0.25) is 29.2 Å². The molecule has 2 aliphatic heterocycles. The van der Waals surface area contributed by atoms with Crippen molar-refractivity contribution in [2.45, 2.75) is 95.9 Å². The number of amides is 2. The fourth-order valence-corrected chi connectivity index (χ4v) is 11.1. The van der Waals surface area contributed by atoms with Gasteiger partial charge in [0.25, 0.3) is 11.8 Å². The van der Waals surface area contributed by atoms with E-state index in [2.05, 4.69) is 25.4 Å². The monoisotopic (exact) mass is 825 g/mol. The Kier molecular flexibility index (Phi) is 10.4. The summed E-state index contributed by atoms with van der Waals surface area (Å²) in [6.45, 7) is 3.93. The molecule has 2 bridgehead atoms. The number of nitrogens with zero attached hydrogens (tertiary/aromatic N) is 5. The van der Waals surface area contributed by atoms with Crippen molar-refractivity contribution in [3.8, 4) is 11.1 Å². The molecule has 2 atom stereocenters. The molecule has 2 aromatic carbocycles. The van der Waals surface area contributed by atoms with Crippen molar-refractivity contribution in [1.82, 2.24) is 24.3 Å². The molecule has 3 aliphatic carbocycles. The van der Waals surface area contributed by atoms with Gasteiger partial charge >= 0.3 is 5.97 Å². The van der Waals surface area contributed by atoms with Crippen LogP contribution in [-0.2, 0) is 37.8 Å². The number of aliphatic hydroxyl groups excluding tert-OH is 1. The minimum absolute atomic E-state index is 0.130. The molecule has 0 saturated heterocycles. The van der Waals surface area contributed by atoms with Crippen LogP contribution in [0.4, 0.5) is 11.4 Å². The number of carbonyl (C=O) groups excluding carboxylic acids is 2. The number of halogens is 2. The zero-order valence-electron chi connectivity index (χ0n) is 32.7. The van der Waals surface area contributed by atoms with Gasteiger partial charge in [0.2, 0.25) is 0 Å². The summed E-state index contributed by atoms with van der Waals surface area (Å²) in [5.41, 5.74) is 5.98. The van der Waals surface area contributed by atoms with E-state index in [4.69, 9.17) is 28.2 Å². The molecule has 14 heteroatoms. The number of imidazole rings is 1. The number of pyridine rings is 1. The molecular formula is C44H49Cl2N7O5. The van der Waals surface area contributed by atoms with Crippen LogP contribution in [0, 0.1) is 10.8 Å².